The van der Waals surface area contributed by atoms with E-state index < -0.39 is 0 Å². The molecule has 6 heteroatoms. The first kappa shape index (κ1) is 13.4. The number of H-pyrrole nitrogens is 1. The minimum absolute atomic E-state index is 0.617. The van der Waals surface area contributed by atoms with Crippen molar-refractivity contribution >= 4 is 66.7 Å². The third kappa shape index (κ3) is 2.29. The van der Waals surface area contributed by atoms with Crippen LogP contribution in [-0.4, -0.2) is 9.55 Å². The molecule has 2 nitrogen and oxygen atoms in total. The maximum atomic E-state index is 6.18. The summed E-state index contributed by atoms with van der Waals surface area (Å²) in [6, 6.07) is 11.7. The van der Waals surface area contributed by atoms with Crippen LogP contribution in [0.4, 0.5) is 0 Å². The van der Waals surface area contributed by atoms with Crippen molar-refractivity contribution in [1.82, 2.24) is 9.55 Å². The lowest BCUT2D eigenvalue weighted by Crippen LogP contribution is -1.95. The highest BCUT2D eigenvalue weighted by Gasteiger charge is 2.11. The Morgan fingerprint density at radius 2 is 1.95 bits per heavy atom. The number of para-hydroxylation sites is 1. The topological polar surface area (TPSA) is 20.7 Å². The molecule has 0 fully saturated rings. The van der Waals surface area contributed by atoms with Gasteiger partial charge in [0.15, 0.2) is 4.77 Å². The first-order valence-corrected chi connectivity index (χ1v) is 7.80. The molecule has 1 aromatic heterocycles. The van der Waals surface area contributed by atoms with Crippen LogP contribution in [-0.2, 0) is 0 Å². The van der Waals surface area contributed by atoms with Crippen molar-refractivity contribution in [3.05, 3.63) is 55.1 Å². The minimum atomic E-state index is 0.617. The van der Waals surface area contributed by atoms with Crippen LogP contribution in [0.2, 0.25) is 5.02 Å². The second-order valence-electron chi connectivity index (χ2n) is 4.00. The number of nitrogens with zero attached hydrogens (tertiary/aromatic N) is 1. The SMILES string of the molecule is S=c1[nH]c2c(Cl)cccc2n1-c1ccc(Br)cc1Br. The number of rotatable bonds is 1. The van der Waals surface area contributed by atoms with E-state index in [-0.39, 0.29) is 0 Å². The quantitative estimate of drug-likeness (QED) is 0.491. The maximum Gasteiger partial charge on any atom is 0.182 e. The Morgan fingerprint density at radius 1 is 1.16 bits per heavy atom. The Balaban J connectivity index is 2.40. The molecular weight excluding hydrogens is 411 g/mol. The first-order chi connectivity index (χ1) is 9.08. The van der Waals surface area contributed by atoms with Crippen molar-refractivity contribution in [2.24, 2.45) is 0 Å². The fourth-order valence-electron chi connectivity index (χ4n) is 2.00. The first-order valence-electron chi connectivity index (χ1n) is 5.42. The fraction of sp³-hybridized carbons (Fsp3) is 0. The molecule has 1 heterocycles. The zero-order chi connectivity index (χ0) is 13.6. The zero-order valence-electron chi connectivity index (χ0n) is 9.45. The number of hydrogen-bond acceptors (Lipinski definition) is 1. The Bertz CT molecular complexity index is 838. The molecule has 0 bridgehead atoms. The molecule has 0 unspecified atom stereocenters. The summed E-state index contributed by atoms with van der Waals surface area (Å²) in [4.78, 5) is 3.15. The molecule has 3 rings (SSSR count). The van der Waals surface area contributed by atoms with Crippen LogP contribution in [0.5, 0.6) is 0 Å². The van der Waals surface area contributed by atoms with Gasteiger partial charge >= 0.3 is 0 Å². The van der Waals surface area contributed by atoms with Crippen LogP contribution in [0.25, 0.3) is 16.7 Å². The molecule has 19 heavy (non-hydrogen) atoms. The highest BCUT2D eigenvalue weighted by atomic mass is 79.9. The highest BCUT2D eigenvalue weighted by Crippen LogP contribution is 2.30. The lowest BCUT2D eigenvalue weighted by atomic mass is 10.3. The van der Waals surface area contributed by atoms with Crippen molar-refractivity contribution in [3.8, 4) is 5.69 Å². The molecule has 0 radical (unpaired) electrons. The number of aromatic nitrogens is 2. The number of hydrogen-bond donors (Lipinski definition) is 1. The number of fused-ring (bicyclic) bond motifs is 1. The lowest BCUT2D eigenvalue weighted by molar-refractivity contribution is 1.06. The summed E-state index contributed by atoms with van der Waals surface area (Å²) in [7, 11) is 0. The van der Waals surface area contributed by atoms with E-state index in [0.717, 1.165) is 25.7 Å². The van der Waals surface area contributed by atoms with Gasteiger partial charge < -0.3 is 4.98 Å². The van der Waals surface area contributed by atoms with Crippen molar-refractivity contribution < 1.29 is 0 Å². The van der Waals surface area contributed by atoms with Gasteiger partial charge in [0.1, 0.15) is 0 Å². The summed E-state index contributed by atoms with van der Waals surface area (Å²) < 4.78 is 4.55. The summed E-state index contributed by atoms with van der Waals surface area (Å²) in [5.41, 5.74) is 2.78. The lowest BCUT2D eigenvalue weighted by Gasteiger charge is -2.07. The molecule has 0 spiro atoms. The molecule has 0 aliphatic heterocycles. The molecule has 0 aliphatic carbocycles. The van der Waals surface area contributed by atoms with E-state index in [9.17, 15) is 0 Å². The summed E-state index contributed by atoms with van der Waals surface area (Å²) in [6.45, 7) is 0. The van der Waals surface area contributed by atoms with E-state index in [1.165, 1.54) is 0 Å². The van der Waals surface area contributed by atoms with E-state index >= 15 is 0 Å². The van der Waals surface area contributed by atoms with Gasteiger partial charge in [0.05, 0.1) is 21.7 Å². The highest BCUT2D eigenvalue weighted by molar-refractivity contribution is 9.11. The predicted octanol–water partition coefficient (Wildman–Crippen LogP) is 5.87. The van der Waals surface area contributed by atoms with E-state index in [1.54, 1.807) is 0 Å². The second kappa shape index (κ2) is 5.05. The molecule has 3 aromatic rings. The normalized spacial score (nSPS) is 11.1. The van der Waals surface area contributed by atoms with Crippen LogP contribution in [0.15, 0.2) is 45.3 Å². The molecular formula is C13H7Br2ClN2S. The van der Waals surface area contributed by atoms with Crippen LogP contribution in [0.3, 0.4) is 0 Å². The molecule has 0 aliphatic rings. The predicted molar refractivity (Wildman–Crippen MR) is 88.9 cm³/mol. The maximum absolute atomic E-state index is 6.18. The number of halogens is 3. The van der Waals surface area contributed by atoms with Crippen LogP contribution in [0, 0.1) is 4.77 Å². The van der Waals surface area contributed by atoms with Gasteiger partial charge in [-0.2, -0.15) is 0 Å². The minimum Gasteiger partial charge on any atom is -0.329 e. The molecule has 0 saturated heterocycles. The van der Waals surface area contributed by atoms with Crippen molar-refractivity contribution in [2.75, 3.05) is 0 Å². The average Bonchev–Trinajstić information content (AvgIpc) is 2.68. The monoisotopic (exact) mass is 416 g/mol. The van der Waals surface area contributed by atoms with Gasteiger partial charge in [-0.15, -0.1) is 0 Å². The smallest absolute Gasteiger partial charge is 0.182 e. The largest absolute Gasteiger partial charge is 0.329 e. The zero-order valence-corrected chi connectivity index (χ0v) is 14.2. The van der Waals surface area contributed by atoms with E-state index in [2.05, 4.69) is 36.8 Å². The molecule has 2 aromatic carbocycles. The molecule has 0 atom stereocenters. The molecule has 0 amide bonds. The summed E-state index contributed by atoms with van der Waals surface area (Å²) >= 11 is 18.6. The number of nitrogens with one attached hydrogen (secondary N) is 1. The van der Waals surface area contributed by atoms with E-state index in [0.29, 0.717) is 9.79 Å². The Morgan fingerprint density at radius 3 is 2.68 bits per heavy atom. The average molecular weight is 419 g/mol. The number of imidazole rings is 1. The molecule has 0 saturated carbocycles. The summed E-state index contributed by atoms with van der Waals surface area (Å²) in [5, 5.41) is 0.663. The summed E-state index contributed by atoms with van der Waals surface area (Å²) in [6.07, 6.45) is 0. The number of aromatic amines is 1. The van der Waals surface area contributed by atoms with Crippen LogP contribution < -0.4 is 0 Å². The van der Waals surface area contributed by atoms with Crippen LogP contribution in [0.1, 0.15) is 0 Å². The fourth-order valence-corrected chi connectivity index (χ4v) is 3.74. The third-order valence-electron chi connectivity index (χ3n) is 2.82. The van der Waals surface area contributed by atoms with Gasteiger partial charge in [-0.3, -0.25) is 4.57 Å². The Hall–Kier alpha value is -0.620. The standard InChI is InChI=1S/C13H7Br2ClN2S/c14-7-4-5-10(8(15)6-7)18-11-3-1-2-9(16)12(11)17-13(18)19/h1-6H,(H,17,19). The third-order valence-corrected chi connectivity index (χ3v) is 4.55. The molecule has 96 valence electrons. The van der Waals surface area contributed by atoms with Gasteiger partial charge in [-0.25, -0.2) is 0 Å². The van der Waals surface area contributed by atoms with Gasteiger partial charge in [0, 0.05) is 8.95 Å². The van der Waals surface area contributed by atoms with Gasteiger partial charge in [-0.1, -0.05) is 33.6 Å². The van der Waals surface area contributed by atoms with Crippen molar-refractivity contribution in [1.29, 1.82) is 0 Å². The van der Waals surface area contributed by atoms with Gasteiger partial charge in [0.2, 0.25) is 0 Å². The number of benzene rings is 2. The Labute approximate surface area is 136 Å². The van der Waals surface area contributed by atoms with Crippen LogP contribution >= 0.6 is 55.7 Å². The second-order valence-corrected chi connectivity index (χ2v) is 6.56. The van der Waals surface area contributed by atoms with E-state index in [1.807, 2.05) is 41.0 Å². The van der Waals surface area contributed by atoms with Crippen molar-refractivity contribution in [3.63, 3.8) is 0 Å². The van der Waals surface area contributed by atoms with E-state index in [4.69, 9.17) is 23.8 Å². The molecule has 1 N–H and O–H groups in total. The van der Waals surface area contributed by atoms with Crippen molar-refractivity contribution in [2.45, 2.75) is 0 Å². The van der Waals surface area contributed by atoms with Gasteiger partial charge in [0.25, 0.3) is 0 Å². The van der Waals surface area contributed by atoms with Gasteiger partial charge in [-0.05, 0) is 58.5 Å². The summed E-state index contributed by atoms with van der Waals surface area (Å²) in [5.74, 6) is 0. The Kier molecular flexibility index (Phi) is 3.55.